The molecule has 0 saturated carbocycles. The predicted molar refractivity (Wildman–Crippen MR) is 86.9 cm³/mol. The summed E-state index contributed by atoms with van der Waals surface area (Å²) in [6.45, 7) is 2.06. The van der Waals surface area contributed by atoms with E-state index in [1.165, 1.54) is 0 Å². The van der Waals surface area contributed by atoms with Gasteiger partial charge in [0.2, 0.25) is 0 Å². The van der Waals surface area contributed by atoms with Gasteiger partial charge in [0, 0.05) is 6.42 Å². The Kier molecular flexibility index (Phi) is 8.21. The molecule has 0 aromatic heterocycles. The fraction of sp³-hybridized carbons (Fsp3) is 0.611. The Hall–Kier alpha value is -1.31. The van der Waals surface area contributed by atoms with E-state index in [4.69, 9.17) is 13.3 Å². The van der Waals surface area contributed by atoms with Crippen LogP contribution in [0.5, 0.6) is 0 Å². The highest BCUT2D eigenvalue weighted by Crippen LogP contribution is 2.02. The zero-order valence-electron chi connectivity index (χ0n) is 18.4. The first-order chi connectivity index (χ1) is 12.2. The first-order valence-corrected chi connectivity index (χ1v) is 7.36. The van der Waals surface area contributed by atoms with Crippen LogP contribution in [0.1, 0.15) is 79.4 Å². The zero-order chi connectivity index (χ0) is 20.1. The van der Waals surface area contributed by atoms with Crippen molar-refractivity contribution in [3.8, 4) is 0 Å². The highest BCUT2D eigenvalue weighted by molar-refractivity contribution is 5.66. The minimum Gasteiger partial charge on any atom is -0.481 e. The van der Waals surface area contributed by atoms with Crippen LogP contribution >= 0.6 is 0 Å². The Morgan fingerprint density at radius 2 is 1.45 bits per heavy atom. The van der Waals surface area contributed by atoms with E-state index in [0.717, 1.165) is 19.3 Å². The third kappa shape index (κ3) is 16.7. The summed E-state index contributed by atoms with van der Waals surface area (Å²) in [5.41, 5.74) is 0. The molecule has 0 spiro atoms. The Morgan fingerprint density at radius 3 is 2.10 bits per heavy atom. The molecule has 0 fully saturated rings. The van der Waals surface area contributed by atoms with E-state index < -0.39 is 5.97 Å². The van der Waals surface area contributed by atoms with Crippen LogP contribution in [0.3, 0.4) is 0 Å². The first kappa shape index (κ1) is 10.4. The maximum absolute atomic E-state index is 10.4. The predicted octanol–water partition coefficient (Wildman–Crippen LogP) is 5.66. The van der Waals surface area contributed by atoms with Crippen LogP contribution in [0.4, 0.5) is 0 Å². The van der Waals surface area contributed by atoms with Crippen molar-refractivity contribution in [2.75, 3.05) is 0 Å². The van der Waals surface area contributed by atoms with E-state index in [0.29, 0.717) is 12.8 Å². The van der Waals surface area contributed by atoms with Crippen molar-refractivity contribution in [1.82, 2.24) is 0 Å². The van der Waals surface area contributed by atoms with Crippen LogP contribution in [-0.2, 0) is 4.79 Å². The molecule has 0 amide bonds. The lowest BCUT2D eigenvalue weighted by Crippen LogP contribution is -1.92. The lowest BCUT2D eigenvalue weighted by Gasteiger charge is -1.91. The van der Waals surface area contributed by atoms with Gasteiger partial charge >= 0.3 is 5.97 Å². The molecule has 0 aromatic rings. The molecule has 0 unspecified atom stereocenters. The van der Waals surface area contributed by atoms with E-state index >= 15 is 0 Å². The fourth-order valence-electron chi connectivity index (χ4n) is 1.44. The quantitative estimate of drug-likeness (QED) is 0.350. The van der Waals surface area contributed by atoms with E-state index in [1.807, 2.05) is 0 Å². The van der Waals surface area contributed by atoms with Gasteiger partial charge in [0.05, 0.1) is 8.22 Å². The molecule has 1 N–H and O–H groups in total. The molecule has 0 bridgehead atoms. The number of carboxylic acid groups (broad SMARTS) is 1. The Balaban J connectivity index is 4.59. The molecule has 2 nitrogen and oxygen atoms in total. The van der Waals surface area contributed by atoms with Crippen molar-refractivity contribution < 1.29 is 18.1 Å². The van der Waals surface area contributed by atoms with Gasteiger partial charge in [-0.25, -0.2) is 0 Å². The summed E-state index contributed by atoms with van der Waals surface area (Å²) in [6, 6.07) is 0.377. The van der Waals surface area contributed by atoms with Gasteiger partial charge in [-0.2, -0.15) is 0 Å². The summed E-state index contributed by atoms with van der Waals surface area (Å²) in [6.07, 6.45) is 4.13. The van der Waals surface area contributed by atoms with Crippen LogP contribution in [0.2, 0.25) is 0 Å². The Bertz CT molecular complexity index is 552. The third-order valence-corrected chi connectivity index (χ3v) is 2.52. The molecule has 0 radical (unpaired) electrons. The largest absolute Gasteiger partial charge is 0.481 e. The van der Waals surface area contributed by atoms with Gasteiger partial charge in [0.15, 0.2) is 0 Å². The molecule has 0 heterocycles. The summed E-state index contributed by atoms with van der Waals surface area (Å²) < 4.78 is 47.0. The average Bonchev–Trinajstić information content (AvgIpc) is 2.58. The van der Waals surface area contributed by atoms with E-state index in [9.17, 15) is 4.79 Å². The van der Waals surface area contributed by atoms with Crippen molar-refractivity contribution in [2.45, 2.75) is 71.1 Å². The van der Waals surface area contributed by atoms with E-state index in [2.05, 4.69) is 6.92 Å². The van der Waals surface area contributed by atoms with Crippen molar-refractivity contribution in [3.63, 3.8) is 0 Å². The van der Waals surface area contributed by atoms with Crippen LogP contribution in [0.15, 0.2) is 36.3 Å². The highest BCUT2D eigenvalue weighted by atomic mass is 16.4. The lowest BCUT2D eigenvalue weighted by molar-refractivity contribution is -0.137. The minimum atomic E-state index is -0.928. The van der Waals surface area contributed by atoms with Crippen molar-refractivity contribution in [1.29, 1.82) is 0 Å². The molecule has 114 valence electrons. The molecule has 0 aliphatic carbocycles. The molecule has 2 heteroatoms. The Labute approximate surface area is 132 Å². The highest BCUT2D eigenvalue weighted by Gasteiger charge is 1.92. The molecule has 0 aliphatic heterocycles. The first-order valence-electron chi connectivity index (χ1n) is 10.4. The monoisotopic (exact) mass is 284 g/mol. The zero-order valence-corrected chi connectivity index (χ0v) is 12.4. The molecule has 0 saturated heterocycles. The lowest BCUT2D eigenvalue weighted by atomic mass is 10.2. The summed E-state index contributed by atoms with van der Waals surface area (Å²) in [7, 11) is 0. The van der Waals surface area contributed by atoms with Crippen LogP contribution in [0, 0.1) is 0 Å². The summed E-state index contributed by atoms with van der Waals surface area (Å²) in [4.78, 5) is 10.4. The van der Waals surface area contributed by atoms with Gasteiger partial charge in [-0.05, 0) is 44.9 Å². The number of hydrogen-bond donors (Lipinski definition) is 1. The molecule has 0 aromatic carbocycles. The van der Waals surface area contributed by atoms with Gasteiger partial charge in [0.1, 0.15) is 0 Å². The van der Waals surface area contributed by atoms with Crippen LogP contribution in [-0.4, -0.2) is 11.1 Å². The fourth-order valence-corrected chi connectivity index (χ4v) is 1.44. The molecule has 0 atom stereocenters. The van der Waals surface area contributed by atoms with Crippen molar-refractivity contribution >= 4 is 5.97 Å². The molecular formula is C18H30O2. The van der Waals surface area contributed by atoms with Crippen molar-refractivity contribution in [2.24, 2.45) is 0 Å². The summed E-state index contributed by atoms with van der Waals surface area (Å²) in [5, 5.41) is 8.57. The van der Waals surface area contributed by atoms with E-state index in [-0.39, 0.29) is 68.4 Å². The standard InChI is InChI=1S/C18H30O2/c1-2-3-4-5-6-7-8-9-10-11-12-13-14-15-16-17-18(19)20/h6-7,9-10,13-14H,2-5,8,11-12,15-17H2,1H3,(H,19,20)/b7-6+,10-9+,14-13-/i6D,7D,9D,10D,13D,14D. The second kappa shape index (κ2) is 15.7. The molecule has 0 aliphatic rings. The second-order valence-electron chi connectivity index (χ2n) is 4.44. The SMILES string of the molecule is [2H]/C(CCCC(=O)O)=C(\[2H])CC/C([2H])=C(\[2H])C/C([2H])=C(\[2H])CCCCC. The smallest absolute Gasteiger partial charge is 0.303 e. The maximum atomic E-state index is 10.4. The Morgan fingerprint density at radius 1 is 0.900 bits per heavy atom. The number of unbranched alkanes of at least 4 members (excludes halogenated alkanes) is 2. The summed E-state index contributed by atoms with van der Waals surface area (Å²) in [5.74, 6) is -0.928. The molecule has 20 heavy (non-hydrogen) atoms. The second-order valence-corrected chi connectivity index (χ2v) is 4.44. The average molecular weight is 284 g/mol. The third-order valence-electron chi connectivity index (χ3n) is 2.52. The minimum absolute atomic E-state index is 0.0131. The molecular weight excluding hydrogens is 248 g/mol. The van der Waals surface area contributed by atoms with Gasteiger partial charge in [-0.15, -0.1) is 0 Å². The van der Waals surface area contributed by atoms with Gasteiger partial charge in [-0.3, -0.25) is 4.79 Å². The molecule has 0 rings (SSSR count). The number of carboxylic acids is 1. The maximum Gasteiger partial charge on any atom is 0.303 e. The van der Waals surface area contributed by atoms with Crippen LogP contribution < -0.4 is 0 Å². The number of carbonyl (C=O) groups is 1. The summed E-state index contributed by atoms with van der Waals surface area (Å²) >= 11 is 0. The van der Waals surface area contributed by atoms with Crippen LogP contribution in [0.25, 0.3) is 0 Å². The number of allylic oxidation sites excluding steroid dienone is 6. The van der Waals surface area contributed by atoms with Gasteiger partial charge in [-0.1, -0.05) is 56.1 Å². The van der Waals surface area contributed by atoms with Gasteiger partial charge < -0.3 is 5.11 Å². The number of hydrogen-bond acceptors (Lipinski definition) is 1. The topological polar surface area (TPSA) is 37.3 Å². The van der Waals surface area contributed by atoms with Crippen molar-refractivity contribution in [3.05, 3.63) is 36.3 Å². The number of rotatable bonds is 13. The van der Waals surface area contributed by atoms with Gasteiger partial charge in [0.25, 0.3) is 0 Å². The normalized spacial score (nSPS) is 19.2. The number of aliphatic carboxylic acids is 1. The van der Waals surface area contributed by atoms with E-state index in [1.54, 1.807) is 0 Å².